The molecular formula is C12H19NO3. The molecule has 0 bridgehead atoms. The highest BCUT2D eigenvalue weighted by atomic mass is 16.4. The van der Waals surface area contributed by atoms with Gasteiger partial charge in [0.05, 0.1) is 6.42 Å². The molecule has 3 unspecified atom stereocenters. The quantitative estimate of drug-likeness (QED) is 0.749. The number of hydrogen-bond acceptors (Lipinski definition) is 2. The maximum atomic E-state index is 11.4. The number of carbonyl (C=O) groups excluding carboxylic acids is 1. The Morgan fingerprint density at radius 3 is 2.81 bits per heavy atom. The standard InChI is InChI=1S/C12H19NO3/c14-10-6-8-4-2-1-3-5-9(7-11(15)16)12(8)13-10/h8-9,12H,1-7H2,(H,13,14)(H,15,16). The predicted molar refractivity (Wildman–Crippen MR) is 58.9 cm³/mol. The van der Waals surface area contributed by atoms with Crippen LogP contribution < -0.4 is 5.32 Å². The van der Waals surface area contributed by atoms with Crippen LogP contribution in [0.3, 0.4) is 0 Å². The van der Waals surface area contributed by atoms with E-state index in [2.05, 4.69) is 5.32 Å². The Hall–Kier alpha value is -1.06. The molecule has 0 spiro atoms. The van der Waals surface area contributed by atoms with Gasteiger partial charge in [0.1, 0.15) is 0 Å². The van der Waals surface area contributed by atoms with Crippen LogP contribution in [-0.2, 0) is 9.59 Å². The molecule has 4 nitrogen and oxygen atoms in total. The number of carbonyl (C=O) groups is 2. The van der Waals surface area contributed by atoms with Gasteiger partial charge in [0, 0.05) is 12.5 Å². The van der Waals surface area contributed by atoms with Crippen molar-refractivity contribution >= 4 is 11.9 Å². The summed E-state index contributed by atoms with van der Waals surface area (Å²) in [5, 5.41) is 11.9. The first-order chi connectivity index (χ1) is 7.66. The van der Waals surface area contributed by atoms with Gasteiger partial charge in [-0.05, 0) is 24.7 Å². The normalized spacial score (nSPS) is 34.8. The first kappa shape index (κ1) is 11.4. The molecule has 2 N–H and O–H groups in total. The van der Waals surface area contributed by atoms with Crippen LogP contribution in [0.4, 0.5) is 0 Å². The van der Waals surface area contributed by atoms with Crippen LogP contribution >= 0.6 is 0 Å². The Kier molecular flexibility index (Phi) is 3.46. The van der Waals surface area contributed by atoms with E-state index in [4.69, 9.17) is 5.11 Å². The number of carboxylic acid groups (broad SMARTS) is 1. The Labute approximate surface area is 95.4 Å². The van der Waals surface area contributed by atoms with Crippen LogP contribution in [0.5, 0.6) is 0 Å². The van der Waals surface area contributed by atoms with E-state index in [0.29, 0.717) is 12.3 Å². The molecule has 2 fully saturated rings. The van der Waals surface area contributed by atoms with Gasteiger partial charge in [0.2, 0.25) is 5.91 Å². The number of aliphatic carboxylic acids is 1. The molecule has 1 aliphatic carbocycles. The van der Waals surface area contributed by atoms with E-state index in [1.807, 2.05) is 0 Å². The van der Waals surface area contributed by atoms with E-state index < -0.39 is 5.97 Å². The summed E-state index contributed by atoms with van der Waals surface area (Å²) in [6.45, 7) is 0. The number of carboxylic acids is 1. The molecule has 16 heavy (non-hydrogen) atoms. The minimum absolute atomic E-state index is 0.104. The summed E-state index contributed by atoms with van der Waals surface area (Å²) in [4.78, 5) is 22.2. The van der Waals surface area contributed by atoms with Crippen molar-refractivity contribution in [2.75, 3.05) is 0 Å². The third-order valence-corrected chi connectivity index (χ3v) is 3.88. The van der Waals surface area contributed by atoms with Gasteiger partial charge < -0.3 is 10.4 Å². The minimum Gasteiger partial charge on any atom is -0.481 e. The summed E-state index contributed by atoms with van der Waals surface area (Å²) in [7, 11) is 0. The summed E-state index contributed by atoms with van der Waals surface area (Å²) < 4.78 is 0. The largest absolute Gasteiger partial charge is 0.481 e. The molecule has 2 rings (SSSR count). The molecule has 0 radical (unpaired) electrons. The Morgan fingerprint density at radius 2 is 2.06 bits per heavy atom. The van der Waals surface area contributed by atoms with Crippen LogP contribution in [0.15, 0.2) is 0 Å². The van der Waals surface area contributed by atoms with Crippen LogP contribution in [0.2, 0.25) is 0 Å². The fourth-order valence-electron chi connectivity index (χ4n) is 3.13. The summed E-state index contributed by atoms with van der Waals surface area (Å²) in [6.07, 6.45) is 6.25. The Balaban J connectivity index is 2.07. The van der Waals surface area contributed by atoms with Crippen molar-refractivity contribution in [2.24, 2.45) is 11.8 Å². The number of fused-ring (bicyclic) bond motifs is 1. The smallest absolute Gasteiger partial charge is 0.303 e. The van der Waals surface area contributed by atoms with Crippen LogP contribution in [0, 0.1) is 11.8 Å². The van der Waals surface area contributed by atoms with Gasteiger partial charge in [-0.2, -0.15) is 0 Å². The second-order valence-electron chi connectivity index (χ2n) is 5.05. The Bertz CT molecular complexity index is 290. The zero-order chi connectivity index (χ0) is 11.5. The van der Waals surface area contributed by atoms with Crippen molar-refractivity contribution < 1.29 is 14.7 Å². The van der Waals surface area contributed by atoms with E-state index in [1.54, 1.807) is 0 Å². The first-order valence-electron chi connectivity index (χ1n) is 6.18. The number of amides is 1. The van der Waals surface area contributed by atoms with E-state index in [1.165, 1.54) is 12.8 Å². The number of nitrogens with one attached hydrogen (secondary N) is 1. The highest BCUT2D eigenvalue weighted by Gasteiger charge is 2.38. The van der Waals surface area contributed by atoms with Crippen molar-refractivity contribution in [3.8, 4) is 0 Å². The zero-order valence-electron chi connectivity index (χ0n) is 9.45. The summed E-state index contributed by atoms with van der Waals surface area (Å²) in [5.41, 5.74) is 0. The molecule has 1 heterocycles. The molecular weight excluding hydrogens is 206 g/mol. The van der Waals surface area contributed by atoms with Gasteiger partial charge in [0.15, 0.2) is 0 Å². The van der Waals surface area contributed by atoms with E-state index in [9.17, 15) is 9.59 Å². The van der Waals surface area contributed by atoms with Crippen molar-refractivity contribution in [1.82, 2.24) is 5.32 Å². The van der Waals surface area contributed by atoms with E-state index in [-0.39, 0.29) is 24.3 Å². The summed E-state index contributed by atoms with van der Waals surface area (Å²) >= 11 is 0. The molecule has 0 aromatic rings. The molecule has 3 atom stereocenters. The third kappa shape index (κ3) is 2.54. The molecule has 1 saturated heterocycles. The monoisotopic (exact) mass is 225 g/mol. The average Bonchev–Trinajstić information content (AvgIpc) is 2.53. The lowest BCUT2D eigenvalue weighted by Crippen LogP contribution is -2.38. The van der Waals surface area contributed by atoms with Gasteiger partial charge in [-0.25, -0.2) is 0 Å². The van der Waals surface area contributed by atoms with Crippen molar-refractivity contribution in [2.45, 2.75) is 51.0 Å². The Morgan fingerprint density at radius 1 is 1.31 bits per heavy atom. The molecule has 1 amide bonds. The number of rotatable bonds is 2. The maximum Gasteiger partial charge on any atom is 0.303 e. The SMILES string of the molecule is O=C(O)CC1CCCCCC2CC(=O)NC12. The predicted octanol–water partition coefficient (Wildman–Crippen LogP) is 1.55. The first-order valence-corrected chi connectivity index (χ1v) is 6.18. The fraction of sp³-hybridized carbons (Fsp3) is 0.833. The average molecular weight is 225 g/mol. The molecule has 1 saturated carbocycles. The molecule has 2 aliphatic rings. The molecule has 0 aromatic carbocycles. The lowest BCUT2D eigenvalue weighted by molar-refractivity contribution is -0.138. The molecule has 0 aromatic heterocycles. The van der Waals surface area contributed by atoms with Gasteiger partial charge in [-0.15, -0.1) is 0 Å². The van der Waals surface area contributed by atoms with Crippen LogP contribution in [0.1, 0.15) is 44.9 Å². The fourth-order valence-corrected chi connectivity index (χ4v) is 3.13. The highest BCUT2D eigenvalue weighted by Crippen LogP contribution is 2.34. The minimum atomic E-state index is -0.745. The molecule has 4 heteroatoms. The summed E-state index contributed by atoms with van der Waals surface area (Å²) in [5.74, 6) is -0.135. The maximum absolute atomic E-state index is 11.4. The van der Waals surface area contributed by atoms with E-state index in [0.717, 1.165) is 19.3 Å². The van der Waals surface area contributed by atoms with Gasteiger partial charge in [0.25, 0.3) is 0 Å². The van der Waals surface area contributed by atoms with Gasteiger partial charge >= 0.3 is 5.97 Å². The van der Waals surface area contributed by atoms with Crippen molar-refractivity contribution in [3.63, 3.8) is 0 Å². The van der Waals surface area contributed by atoms with Crippen molar-refractivity contribution in [1.29, 1.82) is 0 Å². The summed E-state index contributed by atoms with van der Waals surface area (Å²) in [6, 6.07) is 0.115. The number of hydrogen-bond donors (Lipinski definition) is 2. The van der Waals surface area contributed by atoms with Crippen LogP contribution in [0.25, 0.3) is 0 Å². The second-order valence-corrected chi connectivity index (χ2v) is 5.05. The van der Waals surface area contributed by atoms with Crippen molar-refractivity contribution in [3.05, 3.63) is 0 Å². The highest BCUT2D eigenvalue weighted by molar-refractivity contribution is 5.79. The van der Waals surface area contributed by atoms with E-state index >= 15 is 0 Å². The van der Waals surface area contributed by atoms with Gasteiger partial charge in [-0.3, -0.25) is 9.59 Å². The lowest BCUT2D eigenvalue weighted by Gasteiger charge is -2.29. The van der Waals surface area contributed by atoms with Crippen LogP contribution in [-0.4, -0.2) is 23.0 Å². The van der Waals surface area contributed by atoms with Gasteiger partial charge in [-0.1, -0.05) is 19.3 Å². The molecule has 90 valence electrons. The lowest BCUT2D eigenvalue weighted by atomic mass is 9.79. The topological polar surface area (TPSA) is 66.4 Å². The third-order valence-electron chi connectivity index (χ3n) is 3.88. The molecule has 1 aliphatic heterocycles. The zero-order valence-corrected chi connectivity index (χ0v) is 9.45. The second kappa shape index (κ2) is 4.85.